The van der Waals surface area contributed by atoms with E-state index in [2.05, 4.69) is 4.99 Å². The molecule has 1 fully saturated rings. The highest BCUT2D eigenvalue weighted by Crippen LogP contribution is 2.35. The Kier molecular flexibility index (Phi) is 5.85. The highest BCUT2D eigenvalue weighted by atomic mass is 35.5. The fourth-order valence-corrected chi connectivity index (χ4v) is 2.10. The second-order valence-electron chi connectivity index (χ2n) is 4.47. The van der Waals surface area contributed by atoms with E-state index in [1.54, 1.807) is 0 Å². The Balaban J connectivity index is 2.83. The molecule has 3 unspecified atom stereocenters. The molecule has 0 saturated carbocycles. The minimum absolute atomic E-state index is 0.0881. The van der Waals surface area contributed by atoms with Crippen LogP contribution < -0.4 is 5.73 Å². The van der Waals surface area contributed by atoms with Gasteiger partial charge in [0, 0.05) is 19.7 Å². The van der Waals surface area contributed by atoms with Gasteiger partial charge in [-0.15, -0.1) is 11.6 Å². The molecule has 20 heavy (non-hydrogen) atoms. The number of amides is 1. The number of aliphatic hydroxyl groups is 1. The molecule has 3 N–H and O–H groups in total. The molecule has 3 atom stereocenters. The molecule has 114 valence electrons. The highest BCUT2D eigenvalue weighted by molar-refractivity contribution is 6.18. The zero-order valence-electron chi connectivity index (χ0n) is 10.8. The Hall–Kier alpha value is -1.25. The van der Waals surface area contributed by atoms with E-state index in [4.69, 9.17) is 22.1 Å². The normalized spacial score (nSPS) is 31.4. The lowest BCUT2D eigenvalue weighted by atomic mass is 10.0. The van der Waals surface area contributed by atoms with Crippen molar-refractivity contribution in [3.05, 3.63) is 12.0 Å². The van der Waals surface area contributed by atoms with Gasteiger partial charge in [0.2, 0.25) is 6.41 Å². The summed E-state index contributed by atoms with van der Waals surface area (Å²) in [5.41, 5.74) is 3.98. The minimum Gasteiger partial charge on any atom is -0.393 e. The number of aliphatic imine (C=N–C) groups is 1. The largest absolute Gasteiger partial charge is 0.393 e. The summed E-state index contributed by atoms with van der Waals surface area (Å²) in [6, 6.07) is 0. The third-order valence-electron chi connectivity index (χ3n) is 2.93. The van der Waals surface area contributed by atoms with Gasteiger partial charge in [-0.1, -0.05) is 0 Å². The molecule has 1 aliphatic rings. The van der Waals surface area contributed by atoms with Gasteiger partial charge in [-0.25, -0.2) is 8.78 Å². The lowest BCUT2D eigenvalue weighted by molar-refractivity contribution is -0.106. The van der Waals surface area contributed by atoms with Crippen LogP contribution >= 0.6 is 11.6 Å². The van der Waals surface area contributed by atoms with E-state index in [1.807, 2.05) is 0 Å². The van der Waals surface area contributed by atoms with E-state index in [9.17, 15) is 18.7 Å². The van der Waals surface area contributed by atoms with E-state index in [0.717, 1.165) is 11.1 Å². The molecule has 1 heterocycles. The van der Waals surface area contributed by atoms with Crippen molar-refractivity contribution in [2.45, 2.75) is 24.4 Å². The van der Waals surface area contributed by atoms with Crippen LogP contribution in [0.5, 0.6) is 0 Å². The lowest BCUT2D eigenvalue weighted by Crippen LogP contribution is -2.39. The average molecular weight is 312 g/mol. The zero-order valence-corrected chi connectivity index (χ0v) is 11.6. The fraction of sp³-hybridized carbons (Fsp3) is 0.636. The Bertz CT molecular complexity index is 416. The van der Waals surface area contributed by atoms with Gasteiger partial charge in [0.1, 0.15) is 11.8 Å². The lowest BCUT2D eigenvalue weighted by Gasteiger charge is -2.28. The number of aliphatic hydroxyl groups excluding tert-OH is 1. The first-order chi connectivity index (χ1) is 9.39. The third kappa shape index (κ3) is 3.65. The Morgan fingerprint density at radius 3 is 2.85 bits per heavy atom. The van der Waals surface area contributed by atoms with Crippen molar-refractivity contribution in [3.63, 3.8) is 0 Å². The summed E-state index contributed by atoms with van der Waals surface area (Å²) in [4.78, 5) is 14.2. The molecule has 0 aliphatic carbocycles. The van der Waals surface area contributed by atoms with Crippen LogP contribution in [0, 0.1) is 0 Å². The van der Waals surface area contributed by atoms with E-state index in [0.29, 0.717) is 0 Å². The number of carbonyl (C=O) groups is 1. The fourth-order valence-electron chi connectivity index (χ4n) is 1.84. The Morgan fingerprint density at radius 2 is 2.40 bits per heavy atom. The highest BCUT2D eigenvalue weighted by Gasteiger charge is 2.47. The molecule has 0 bridgehead atoms. The first-order valence-electron chi connectivity index (χ1n) is 5.74. The summed E-state index contributed by atoms with van der Waals surface area (Å²) in [5, 5.41) is 9.21. The van der Waals surface area contributed by atoms with Crippen molar-refractivity contribution in [2.24, 2.45) is 10.7 Å². The second kappa shape index (κ2) is 6.96. The maximum Gasteiger partial charge on any atom is 0.234 e. The third-order valence-corrected chi connectivity index (χ3v) is 3.42. The summed E-state index contributed by atoms with van der Waals surface area (Å²) in [6.45, 7) is -0.442. The van der Waals surface area contributed by atoms with Gasteiger partial charge < -0.3 is 20.5 Å². The SMILES string of the molecule is CN(/C=C(/F)C(N)=NC=O)C1OC(CO)(CCl)CC1F. The summed E-state index contributed by atoms with van der Waals surface area (Å²) < 4.78 is 32.8. The molecule has 6 nitrogen and oxygen atoms in total. The van der Waals surface area contributed by atoms with Crippen molar-refractivity contribution in [2.75, 3.05) is 19.5 Å². The van der Waals surface area contributed by atoms with Gasteiger partial charge in [0.15, 0.2) is 17.9 Å². The van der Waals surface area contributed by atoms with Crippen LogP contribution in [-0.4, -0.2) is 59.8 Å². The number of nitrogens with zero attached hydrogens (tertiary/aromatic N) is 2. The summed E-state index contributed by atoms with van der Waals surface area (Å²) >= 11 is 5.66. The monoisotopic (exact) mass is 311 g/mol. The number of ether oxygens (including phenoxy) is 1. The molecule has 1 aliphatic heterocycles. The van der Waals surface area contributed by atoms with Gasteiger partial charge in [-0.2, -0.15) is 4.99 Å². The van der Waals surface area contributed by atoms with Crippen molar-refractivity contribution in [3.8, 4) is 0 Å². The van der Waals surface area contributed by atoms with Crippen molar-refractivity contribution in [1.82, 2.24) is 4.90 Å². The predicted molar refractivity (Wildman–Crippen MR) is 69.6 cm³/mol. The quantitative estimate of drug-likeness (QED) is 0.319. The van der Waals surface area contributed by atoms with Crippen molar-refractivity contribution in [1.29, 1.82) is 0 Å². The van der Waals surface area contributed by atoms with E-state index in [1.165, 1.54) is 7.05 Å². The Labute approximate surface area is 119 Å². The minimum atomic E-state index is -1.46. The van der Waals surface area contributed by atoms with E-state index < -0.39 is 36.3 Å². The van der Waals surface area contributed by atoms with Crippen molar-refractivity contribution >= 4 is 23.8 Å². The maximum atomic E-state index is 13.9. The average Bonchev–Trinajstić information content (AvgIpc) is 2.77. The molecule has 9 heteroatoms. The topological polar surface area (TPSA) is 88.2 Å². The first kappa shape index (κ1) is 16.8. The molecule has 1 saturated heterocycles. The van der Waals surface area contributed by atoms with Crippen LogP contribution in [-0.2, 0) is 9.53 Å². The molecular weight excluding hydrogens is 296 g/mol. The van der Waals surface area contributed by atoms with Crippen LogP contribution in [0.4, 0.5) is 8.78 Å². The number of hydrogen-bond acceptors (Lipinski definition) is 4. The van der Waals surface area contributed by atoms with E-state index >= 15 is 0 Å². The summed E-state index contributed by atoms with van der Waals surface area (Å²) in [6.07, 6.45) is -1.72. The van der Waals surface area contributed by atoms with Crippen LogP contribution in [0.3, 0.4) is 0 Å². The second-order valence-corrected chi connectivity index (χ2v) is 4.73. The summed E-state index contributed by atoms with van der Waals surface area (Å²) in [7, 11) is 1.37. The number of carbonyl (C=O) groups excluding carboxylic acids is 1. The van der Waals surface area contributed by atoms with Crippen LogP contribution in [0.1, 0.15) is 6.42 Å². The number of amidine groups is 1. The zero-order chi connectivity index (χ0) is 15.3. The molecule has 0 aromatic carbocycles. The predicted octanol–water partition coefficient (Wildman–Crippen LogP) is 0.297. The first-order valence-corrected chi connectivity index (χ1v) is 6.28. The number of halogens is 3. The number of rotatable bonds is 6. The van der Waals surface area contributed by atoms with Crippen LogP contribution in [0.2, 0.25) is 0 Å². The van der Waals surface area contributed by atoms with Gasteiger partial charge in [0.25, 0.3) is 0 Å². The molecule has 0 spiro atoms. The van der Waals surface area contributed by atoms with Crippen molar-refractivity contribution < 1.29 is 23.4 Å². The van der Waals surface area contributed by atoms with Gasteiger partial charge in [-0.3, -0.25) is 4.79 Å². The Morgan fingerprint density at radius 1 is 1.75 bits per heavy atom. The number of alkyl halides is 2. The smallest absolute Gasteiger partial charge is 0.234 e. The summed E-state index contributed by atoms with van der Waals surface area (Å²) in [5.74, 6) is -1.70. The van der Waals surface area contributed by atoms with Crippen LogP contribution in [0.25, 0.3) is 0 Å². The molecule has 1 rings (SSSR count). The molecule has 0 aromatic heterocycles. The van der Waals surface area contributed by atoms with Gasteiger partial charge in [-0.05, 0) is 0 Å². The van der Waals surface area contributed by atoms with E-state index in [-0.39, 0.29) is 18.7 Å². The van der Waals surface area contributed by atoms with Crippen LogP contribution in [0.15, 0.2) is 17.0 Å². The molecule has 0 radical (unpaired) electrons. The number of nitrogens with two attached hydrogens (primary N) is 1. The number of hydrogen-bond donors (Lipinski definition) is 2. The standard InChI is InChI=1S/C11H16ClF2N3O3/c1-17(3-8(14)9(15)16-6-19)10-7(13)2-11(4-12,5-18)20-10/h3,6-7,10,18H,2,4-5H2,1H3,(H2,15,16,19)/b8-3+. The molecular formula is C11H16ClF2N3O3. The van der Waals surface area contributed by atoms with Gasteiger partial charge >= 0.3 is 0 Å². The molecule has 1 amide bonds. The maximum absolute atomic E-state index is 13.9. The molecule has 0 aromatic rings. The van der Waals surface area contributed by atoms with Gasteiger partial charge in [0.05, 0.1) is 12.5 Å².